The van der Waals surface area contributed by atoms with E-state index in [4.69, 9.17) is 4.74 Å². The van der Waals surface area contributed by atoms with Crippen molar-refractivity contribution in [2.75, 3.05) is 6.54 Å². The number of fused-ring (bicyclic) bond motifs is 1. The lowest BCUT2D eigenvalue weighted by atomic mass is 9.43. The van der Waals surface area contributed by atoms with Crippen molar-refractivity contribution in [2.45, 2.75) is 77.4 Å². The van der Waals surface area contributed by atoms with Gasteiger partial charge in [-0.05, 0) is 68.1 Å². The van der Waals surface area contributed by atoms with Crippen molar-refractivity contribution >= 4 is 5.91 Å². The Bertz CT molecular complexity index is 707. The molecule has 136 valence electrons. The molecule has 2 atom stereocenters. The molecular weight excluding hydrogens is 314 g/mol. The minimum absolute atomic E-state index is 0.0232. The average molecular weight is 343 g/mol. The Morgan fingerprint density at radius 3 is 2.64 bits per heavy atom. The number of carbonyl (C=O) groups is 1. The molecule has 25 heavy (non-hydrogen) atoms. The van der Waals surface area contributed by atoms with E-state index in [0.717, 1.165) is 36.8 Å². The first kappa shape index (κ1) is 15.9. The predicted octanol–water partition coefficient (Wildman–Crippen LogP) is 3.35. The summed E-state index contributed by atoms with van der Waals surface area (Å²) in [4.78, 5) is 20.0. The van der Waals surface area contributed by atoms with Crippen molar-refractivity contribution in [1.29, 1.82) is 0 Å². The monoisotopic (exact) mass is 343 g/mol. The van der Waals surface area contributed by atoms with Gasteiger partial charge in [-0.3, -0.25) is 4.79 Å². The number of hydrogen-bond donors (Lipinski definition) is 2. The molecule has 1 amide bonds. The van der Waals surface area contributed by atoms with Crippen LogP contribution >= 0.6 is 0 Å². The lowest BCUT2D eigenvalue weighted by molar-refractivity contribution is -0.219. The van der Waals surface area contributed by atoms with E-state index in [1.54, 1.807) is 0 Å². The number of aryl methyl sites for hydroxylation is 1. The summed E-state index contributed by atoms with van der Waals surface area (Å²) >= 11 is 0. The first-order chi connectivity index (χ1) is 11.9. The van der Waals surface area contributed by atoms with Crippen molar-refractivity contribution < 1.29 is 9.53 Å². The zero-order valence-electron chi connectivity index (χ0n) is 15.4. The van der Waals surface area contributed by atoms with E-state index >= 15 is 0 Å². The maximum absolute atomic E-state index is 12.1. The lowest BCUT2D eigenvalue weighted by Crippen LogP contribution is -2.59. The number of nitrogens with zero attached hydrogens (tertiary/aromatic N) is 1. The third-order valence-corrected chi connectivity index (χ3v) is 7.02. The summed E-state index contributed by atoms with van der Waals surface area (Å²) in [6.45, 7) is 6.16. The van der Waals surface area contributed by atoms with Gasteiger partial charge in [0, 0.05) is 12.2 Å². The zero-order valence-corrected chi connectivity index (χ0v) is 15.4. The molecular formula is C20H29N3O2. The molecule has 1 aromatic rings. The molecule has 2 N–H and O–H groups in total. The molecule has 2 heterocycles. The predicted molar refractivity (Wildman–Crippen MR) is 94.2 cm³/mol. The van der Waals surface area contributed by atoms with Crippen molar-refractivity contribution in [3.05, 3.63) is 17.2 Å². The summed E-state index contributed by atoms with van der Waals surface area (Å²) in [6, 6.07) is 0. The van der Waals surface area contributed by atoms with Crippen LogP contribution in [0.15, 0.2) is 0 Å². The van der Waals surface area contributed by atoms with Crippen molar-refractivity contribution in [3.63, 3.8) is 0 Å². The Hall–Kier alpha value is -1.36. The third-order valence-electron chi connectivity index (χ3n) is 7.02. The highest BCUT2D eigenvalue weighted by atomic mass is 16.5. The van der Waals surface area contributed by atoms with E-state index in [-0.39, 0.29) is 11.5 Å². The van der Waals surface area contributed by atoms with Crippen LogP contribution in [-0.4, -0.2) is 28.0 Å². The molecule has 4 bridgehead atoms. The van der Waals surface area contributed by atoms with Gasteiger partial charge in [-0.15, -0.1) is 0 Å². The van der Waals surface area contributed by atoms with Gasteiger partial charge in [0.2, 0.25) is 0 Å². The van der Waals surface area contributed by atoms with Crippen LogP contribution < -0.4 is 5.32 Å². The molecule has 1 aliphatic heterocycles. The number of H-pyrrole nitrogens is 1. The number of aromatic amines is 1. The number of nitrogens with one attached hydrogen (secondary N) is 2. The van der Waals surface area contributed by atoms with Crippen molar-refractivity contribution in [2.24, 2.45) is 16.7 Å². The first-order valence-electron chi connectivity index (χ1n) is 9.86. The second kappa shape index (κ2) is 5.09. The van der Waals surface area contributed by atoms with Crippen LogP contribution in [0.3, 0.4) is 0 Å². The highest BCUT2D eigenvalue weighted by molar-refractivity contribution is 5.93. The number of carbonyl (C=O) groups excluding carboxylic acids is 1. The van der Waals surface area contributed by atoms with Crippen LogP contribution in [0.2, 0.25) is 0 Å². The number of rotatable bonds is 3. The van der Waals surface area contributed by atoms with Gasteiger partial charge in [-0.1, -0.05) is 13.8 Å². The summed E-state index contributed by atoms with van der Waals surface area (Å²) in [5, 5.41) is 2.91. The molecule has 5 nitrogen and oxygen atoms in total. The number of amides is 1. The minimum Gasteiger partial charge on any atom is -0.367 e. The maximum atomic E-state index is 12.1. The average Bonchev–Trinajstić information content (AvgIpc) is 2.82. The van der Waals surface area contributed by atoms with Crippen molar-refractivity contribution in [3.8, 4) is 0 Å². The molecule has 2 unspecified atom stereocenters. The van der Waals surface area contributed by atoms with Crippen LogP contribution in [0.25, 0.3) is 0 Å². The molecule has 0 saturated heterocycles. The second-order valence-electron chi connectivity index (χ2n) is 9.97. The normalized spacial score (nSPS) is 42.2. The number of aromatic nitrogens is 2. The van der Waals surface area contributed by atoms with Gasteiger partial charge in [-0.2, -0.15) is 0 Å². The molecule has 4 saturated carbocycles. The van der Waals surface area contributed by atoms with E-state index in [1.807, 2.05) is 0 Å². The Kier molecular flexibility index (Phi) is 3.23. The van der Waals surface area contributed by atoms with Gasteiger partial charge in [0.25, 0.3) is 5.91 Å². The van der Waals surface area contributed by atoms with E-state index < -0.39 is 0 Å². The lowest BCUT2D eigenvalue weighted by Gasteiger charge is -2.64. The summed E-state index contributed by atoms with van der Waals surface area (Å²) in [6.07, 6.45) is 9.54. The van der Waals surface area contributed by atoms with Gasteiger partial charge in [-0.25, -0.2) is 4.98 Å². The summed E-state index contributed by atoms with van der Waals surface area (Å²) < 4.78 is 6.58. The second-order valence-corrected chi connectivity index (χ2v) is 9.97. The van der Waals surface area contributed by atoms with Gasteiger partial charge < -0.3 is 15.0 Å². The first-order valence-corrected chi connectivity index (χ1v) is 9.86. The molecule has 0 spiro atoms. The Morgan fingerprint density at radius 1 is 1.16 bits per heavy atom. The molecule has 6 rings (SSSR count). The minimum atomic E-state index is -0.0511. The van der Waals surface area contributed by atoms with Gasteiger partial charge >= 0.3 is 0 Å². The van der Waals surface area contributed by atoms with E-state index in [0.29, 0.717) is 23.1 Å². The standard InChI is InChI=1S/C20H29N3O2/c1-18-6-13-7-19(2,10-18)12-20(8-13,11-18)25-9-15-22-14-4-3-5-21-17(24)16(14)23-15/h13H,3-12H2,1-2H3,(H,21,24)(H,22,23). The summed E-state index contributed by atoms with van der Waals surface area (Å²) in [7, 11) is 0. The molecule has 4 aliphatic carbocycles. The highest BCUT2D eigenvalue weighted by Gasteiger charge is 2.60. The number of imidazole rings is 1. The van der Waals surface area contributed by atoms with E-state index in [1.165, 1.54) is 38.5 Å². The Balaban J connectivity index is 1.35. The van der Waals surface area contributed by atoms with Gasteiger partial charge in [0.1, 0.15) is 18.1 Å². The molecule has 1 aromatic heterocycles. The SMILES string of the molecule is CC12CC3CC(C)(C1)CC(OCc1nc4c([nH]1)CCCNC4=O)(C3)C2. The quantitative estimate of drug-likeness (QED) is 0.884. The topological polar surface area (TPSA) is 67.0 Å². The van der Waals surface area contributed by atoms with E-state index in [2.05, 4.69) is 29.1 Å². The molecule has 5 heteroatoms. The van der Waals surface area contributed by atoms with Gasteiger partial charge in [0.15, 0.2) is 0 Å². The molecule has 0 aromatic carbocycles. The maximum Gasteiger partial charge on any atom is 0.271 e. The zero-order chi connectivity index (χ0) is 17.3. The van der Waals surface area contributed by atoms with Crippen LogP contribution in [-0.2, 0) is 17.8 Å². The fourth-order valence-corrected chi connectivity index (χ4v) is 7.18. The fraction of sp³-hybridized carbons (Fsp3) is 0.800. The largest absolute Gasteiger partial charge is 0.367 e. The summed E-state index contributed by atoms with van der Waals surface area (Å²) in [5.74, 6) is 1.59. The Morgan fingerprint density at radius 2 is 1.92 bits per heavy atom. The van der Waals surface area contributed by atoms with Crippen LogP contribution in [0, 0.1) is 16.7 Å². The van der Waals surface area contributed by atoms with Crippen molar-refractivity contribution in [1.82, 2.24) is 15.3 Å². The Labute approximate surface area is 149 Å². The molecule has 4 fully saturated rings. The number of ether oxygens (including phenoxy) is 1. The molecule has 0 radical (unpaired) electrons. The van der Waals surface area contributed by atoms with Crippen LogP contribution in [0.4, 0.5) is 0 Å². The highest BCUT2D eigenvalue weighted by Crippen LogP contribution is 2.67. The smallest absolute Gasteiger partial charge is 0.271 e. The molecule has 5 aliphatic rings. The number of hydrogen-bond acceptors (Lipinski definition) is 3. The van der Waals surface area contributed by atoms with Gasteiger partial charge in [0.05, 0.1) is 5.60 Å². The fourth-order valence-electron chi connectivity index (χ4n) is 7.18. The van der Waals surface area contributed by atoms with Crippen LogP contribution in [0.5, 0.6) is 0 Å². The summed E-state index contributed by atoms with van der Waals surface area (Å²) in [5.41, 5.74) is 2.47. The third kappa shape index (κ3) is 2.62. The van der Waals surface area contributed by atoms with Crippen LogP contribution in [0.1, 0.15) is 80.8 Å². The van der Waals surface area contributed by atoms with E-state index in [9.17, 15) is 4.79 Å².